The Morgan fingerprint density at radius 1 is 1.41 bits per heavy atom. The Kier molecular flexibility index (Phi) is 4.30. The molecule has 1 N–H and O–H groups in total. The lowest BCUT2D eigenvalue weighted by Crippen LogP contribution is -2.45. The van der Waals surface area contributed by atoms with Gasteiger partial charge in [0.15, 0.2) is 11.6 Å². The highest BCUT2D eigenvalue weighted by Gasteiger charge is 2.12. The second-order valence-corrected chi connectivity index (χ2v) is 3.87. The molecule has 1 aromatic carbocycles. The first kappa shape index (κ1) is 12.3. The maximum atomic E-state index is 13.8. The summed E-state index contributed by atoms with van der Waals surface area (Å²) in [7, 11) is 1.47. The van der Waals surface area contributed by atoms with E-state index in [9.17, 15) is 4.39 Å². The van der Waals surface area contributed by atoms with Crippen molar-refractivity contribution < 1.29 is 13.9 Å². The summed E-state index contributed by atoms with van der Waals surface area (Å²) in [6.07, 6.45) is 0. The number of hydrazine groups is 1. The van der Waals surface area contributed by atoms with Crippen LogP contribution < -0.4 is 10.2 Å². The lowest BCUT2D eigenvalue weighted by molar-refractivity contribution is 0.0104. The fourth-order valence-corrected chi connectivity index (χ4v) is 1.77. The summed E-state index contributed by atoms with van der Waals surface area (Å²) in [5.41, 5.74) is 3.80. The van der Waals surface area contributed by atoms with E-state index in [-0.39, 0.29) is 11.6 Å². The molecule has 0 spiro atoms. The van der Waals surface area contributed by atoms with Gasteiger partial charge in [-0.3, -0.25) is 5.43 Å². The van der Waals surface area contributed by atoms with E-state index in [1.54, 1.807) is 18.2 Å². The Hall–Kier alpha value is -1.17. The molecule has 0 amide bonds. The molecule has 1 aliphatic heterocycles. The molecule has 0 bridgehead atoms. The van der Waals surface area contributed by atoms with Gasteiger partial charge in [-0.25, -0.2) is 9.40 Å². The lowest BCUT2D eigenvalue weighted by Gasteiger charge is -2.27. The number of ether oxygens (including phenoxy) is 2. The van der Waals surface area contributed by atoms with Crippen molar-refractivity contribution in [2.24, 2.45) is 0 Å². The van der Waals surface area contributed by atoms with Crippen LogP contribution in [-0.2, 0) is 11.3 Å². The quantitative estimate of drug-likeness (QED) is 0.856. The van der Waals surface area contributed by atoms with Crippen LogP contribution in [-0.4, -0.2) is 38.4 Å². The van der Waals surface area contributed by atoms with E-state index in [1.807, 2.05) is 5.01 Å². The minimum atomic E-state index is -0.296. The van der Waals surface area contributed by atoms with Crippen molar-refractivity contribution in [2.45, 2.75) is 6.54 Å². The fourth-order valence-electron chi connectivity index (χ4n) is 1.77. The number of morpholine rings is 1. The van der Waals surface area contributed by atoms with E-state index in [0.717, 1.165) is 13.1 Å². The van der Waals surface area contributed by atoms with Crippen molar-refractivity contribution in [1.29, 1.82) is 0 Å². The van der Waals surface area contributed by atoms with Crippen molar-refractivity contribution >= 4 is 0 Å². The van der Waals surface area contributed by atoms with E-state index in [2.05, 4.69) is 5.43 Å². The zero-order valence-electron chi connectivity index (χ0n) is 9.91. The third-order valence-electron chi connectivity index (χ3n) is 2.77. The summed E-state index contributed by atoms with van der Waals surface area (Å²) in [5.74, 6) is -0.0120. The average Bonchev–Trinajstić information content (AvgIpc) is 2.39. The molecule has 5 heteroatoms. The van der Waals surface area contributed by atoms with Crippen LogP contribution in [0.25, 0.3) is 0 Å². The SMILES string of the molecule is COc1cccc(CNN2CCOCC2)c1F. The van der Waals surface area contributed by atoms with Gasteiger partial charge >= 0.3 is 0 Å². The Morgan fingerprint density at radius 3 is 2.88 bits per heavy atom. The topological polar surface area (TPSA) is 33.7 Å². The first-order chi connectivity index (χ1) is 8.31. The second-order valence-electron chi connectivity index (χ2n) is 3.87. The van der Waals surface area contributed by atoms with Crippen LogP contribution in [0.15, 0.2) is 18.2 Å². The van der Waals surface area contributed by atoms with E-state index in [1.165, 1.54) is 7.11 Å². The van der Waals surface area contributed by atoms with E-state index >= 15 is 0 Å². The smallest absolute Gasteiger partial charge is 0.169 e. The zero-order valence-corrected chi connectivity index (χ0v) is 9.91. The number of halogens is 1. The maximum Gasteiger partial charge on any atom is 0.169 e. The molecule has 0 saturated carbocycles. The standard InChI is InChI=1S/C12H17FN2O2/c1-16-11-4-2-3-10(12(11)13)9-14-15-5-7-17-8-6-15/h2-4,14H,5-9H2,1H3. The van der Waals surface area contributed by atoms with Crippen LogP contribution in [0.2, 0.25) is 0 Å². The van der Waals surface area contributed by atoms with Crippen LogP contribution in [0, 0.1) is 5.82 Å². The molecule has 0 unspecified atom stereocenters. The fraction of sp³-hybridized carbons (Fsp3) is 0.500. The second kappa shape index (κ2) is 5.95. The number of benzene rings is 1. The summed E-state index contributed by atoms with van der Waals surface area (Å²) in [4.78, 5) is 0. The normalized spacial score (nSPS) is 17.1. The molecule has 0 radical (unpaired) electrons. The molecule has 0 aliphatic carbocycles. The molecule has 17 heavy (non-hydrogen) atoms. The third-order valence-corrected chi connectivity index (χ3v) is 2.77. The highest BCUT2D eigenvalue weighted by atomic mass is 19.1. The molecule has 0 aromatic heterocycles. The molecule has 1 aliphatic rings. The van der Waals surface area contributed by atoms with E-state index in [4.69, 9.17) is 9.47 Å². The lowest BCUT2D eigenvalue weighted by atomic mass is 10.2. The van der Waals surface area contributed by atoms with E-state index in [0.29, 0.717) is 25.3 Å². The summed E-state index contributed by atoms with van der Waals surface area (Å²) in [6.45, 7) is 3.54. The van der Waals surface area contributed by atoms with E-state index < -0.39 is 0 Å². The van der Waals surface area contributed by atoms with Crippen molar-refractivity contribution in [3.05, 3.63) is 29.6 Å². The molecule has 94 valence electrons. The Morgan fingerprint density at radius 2 is 2.18 bits per heavy atom. The molecular weight excluding hydrogens is 223 g/mol. The molecule has 0 atom stereocenters. The van der Waals surface area contributed by atoms with Crippen molar-refractivity contribution in [2.75, 3.05) is 33.4 Å². The monoisotopic (exact) mass is 240 g/mol. The number of hydrogen-bond acceptors (Lipinski definition) is 4. The van der Waals surface area contributed by atoms with Gasteiger partial charge in [0, 0.05) is 25.2 Å². The van der Waals surface area contributed by atoms with Gasteiger partial charge in [-0.1, -0.05) is 12.1 Å². The number of rotatable bonds is 4. The Balaban J connectivity index is 1.93. The van der Waals surface area contributed by atoms with Crippen molar-refractivity contribution in [3.8, 4) is 5.75 Å². The maximum absolute atomic E-state index is 13.8. The number of hydrogen-bond donors (Lipinski definition) is 1. The predicted octanol–water partition coefficient (Wildman–Crippen LogP) is 1.17. The summed E-state index contributed by atoms with van der Waals surface area (Å²) in [6, 6.07) is 5.16. The minimum Gasteiger partial charge on any atom is -0.494 e. The number of methoxy groups -OCH3 is 1. The van der Waals surface area contributed by atoms with Crippen LogP contribution in [0.4, 0.5) is 4.39 Å². The van der Waals surface area contributed by atoms with Crippen molar-refractivity contribution in [1.82, 2.24) is 10.4 Å². The van der Waals surface area contributed by atoms with Gasteiger partial charge < -0.3 is 9.47 Å². The Bertz CT molecular complexity index is 368. The average molecular weight is 240 g/mol. The van der Waals surface area contributed by atoms with Crippen LogP contribution in [0.5, 0.6) is 5.75 Å². The first-order valence-corrected chi connectivity index (χ1v) is 5.69. The highest BCUT2D eigenvalue weighted by molar-refractivity contribution is 5.30. The van der Waals surface area contributed by atoms with Crippen LogP contribution in [0.3, 0.4) is 0 Å². The molecular formula is C12H17FN2O2. The minimum absolute atomic E-state index is 0.284. The van der Waals surface area contributed by atoms with Gasteiger partial charge in [0.2, 0.25) is 0 Å². The predicted molar refractivity (Wildman–Crippen MR) is 62.2 cm³/mol. The molecule has 1 saturated heterocycles. The van der Waals surface area contributed by atoms with Gasteiger partial charge in [-0.2, -0.15) is 0 Å². The van der Waals surface area contributed by atoms with Gasteiger partial charge in [0.1, 0.15) is 0 Å². The van der Waals surface area contributed by atoms with Gasteiger partial charge in [0.25, 0.3) is 0 Å². The summed E-state index contributed by atoms with van der Waals surface area (Å²) in [5, 5.41) is 2.04. The summed E-state index contributed by atoms with van der Waals surface area (Å²) >= 11 is 0. The molecule has 1 fully saturated rings. The molecule has 1 aromatic rings. The van der Waals surface area contributed by atoms with Gasteiger partial charge in [0.05, 0.1) is 20.3 Å². The number of nitrogens with zero attached hydrogens (tertiary/aromatic N) is 1. The molecule has 2 rings (SSSR count). The highest BCUT2D eigenvalue weighted by Crippen LogP contribution is 2.19. The summed E-state index contributed by atoms with van der Waals surface area (Å²) < 4.78 is 24.0. The van der Waals surface area contributed by atoms with Crippen molar-refractivity contribution in [3.63, 3.8) is 0 Å². The van der Waals surface area contributed by atoms with Gasteiger partial charge in [-0.15, -0.1) is 0 Å². The zero-order chi connectivity index (χ0) is 12.1. The van der Waals surface area contributed by atoms with Gasteiger partial charge in [-0.05, 0) is 6.07 Å². The molecule has 1 heterocycles. The number of nitrogens with one attached hydrogen (secondary N) is 1. The van der Waals surface area contributed by atoms with Crippen LogP contribution in [0.1, 0.15) is 5.56 Å². The Labute approximate surface area is 100 Å². The largest absolute Gasteiger partial charge is 0.494 e. The first-order valence-electron chi connectivity index (χ1n) is 5.69. The third kappa shape index (κ3) is 3.15. The van der Waals surface area contributed by atoms with Crippen LogP contribution >= 0.6 is 0 Å². The molecule has 4 nitrogen and oxygen atoms in total.